The molecule has 0 saturated carbocycles. The van der Waals surface area contributed by atoms with Crippen LogP contribution in [0.3, 0.4) is 0 Å². The summed E-state index contributed by atoms with van der Waals surface area (Å²) in [7, 11) is 3.85. The Balaban J connectivity index is 0.00000338. The molecule has 0 radical (unpaired) electrons. The van der Waals surface area contributed by atoms with Gasteiger partial charge in [-0.1, -0.05) is 36.4 Å². The maximum atomic E-state index is 12.0. The third kappa shape index (κ3) is 7.81. The number of nitrogens with one attached hydrogen (secondary N) is 2. The fraction of sp³-hybridized carbons (Fsp3) is 0.316. The van der Waals surface area contributed by atoms with E-state index in [1.165, 1.54) is 0 Å². The van der Waals surface area contributed by atoms with Gasteiger partial charge in [-0.05, 0) is 24.6 Å². The molecule has 0 saturated heterocycles. The van der Waals surface area contributed by atoms with E-state index in [9.17, 15) is 4.79 Å². The fourth-order valence-corrected chi connectivity index (χ4v) is 2.21. The lowest BCUT2D eigenvalue weighted by molar-refractivity contribution is -0.116. The van der Waals surface area contributed by atoms with Crippen LogP contribution < -0.4 is 10.6 Å². The Hall–Kier alpha value is -2.16. The highest BCUT2D eigenvalue weighted by Gasteiger charge is 2.06. The number of hydrogen-bond acceptors (Lipinski definition) is 3. The summed E-state index contributed by atoms with van der Waals surface area (Å²) < 4.78 is 0. The Kier molecular flexibility index (Phi) is 9.64. The summed E-state index contributed by atoms with van der Waals surface area (Å²) in [5, 5.41) is 6.01. The third-order valence-electron chi connectivity index (χ3n) is 3.47. The maximum absolute atomic E-state index is 12.0. The van der Waals surface area contributed by atoms with Crippen LogP contribution in [0.2, 0.25) is 0 Å². The molecule has 2 rings (SSSR count). The van der Waals surface area contributed by atoms with Crippen molar-refractivity contribution in [1.82, 2.24) is 15.2 Å². The zero-order valence-electron chi connectivity index (χ0n) is 15.4. The van der Waals surface area contributed by atoms with E-state index >= 15 is 0 Å². The van der Waals surface area contributed by atoms with Gasteiger partial charge in [0, 0.05) is 32.8 Å². The van der Waals surface area contributed by atoms with E-state index in [1.807, 2.05) is 68.4 Å². The monoisotopic (exact) mass is 467 g/mol. The molecular weight excluding hydrogens is 441 g/mol. The number of carbonyl (C=O) groups excluding carboxylic acids is 1. The smallest absolute Gasteiger partial charge is 0.227 e. The van der Waals surface area contributed by atoms with Crippen molar-refractivity contribution in [3.05, 3.63) is 59.8 Å². The third-order valence-corrected chi connectivity index (χ3v) is 3.47. The van der Waals surface area contributed by atoms with E-state index in [0.29, 0.717) is 25.3 Å². The van der Waals surface area contributed by atoms with E-state index in [2.05, 4.69) is 20.6 Å². The van der Waals surface area contributed by atoms with Gasteiger partial charge in [-0.15, -0.1) is 24.0 Å². The molecule has 0 atom stereocenters. The van der Waals surface area contributed by atoms with Crippen molar-refractivity contribution >= 4 is 41.7 Å². The van der Waals surface area contributed by atoms with Crippen molar-refractivity contribution in [3.63, 3.8) is 0 Å². The summed E-state index contributed by atoms with van der Waals surface area (Å²) in [4.78, 5) is 22.8. The highest BCUT2D eigenvalue weighted by atomic mass is 127. The first kappa shape index (κ1) is 21.9. The second-order valence-electron chi connectivity index (χ2n) is 5.91. The van der Waals surface area contributed by atoms with Gasteiger partial charge in [-0.3, -0.25) is 4.79 Å². The van der Waals surface area contributed by atoms with E-state index < -0.39 is 0 Å². The molecule has 0 unspecified atom stereocenters. The van der Waals surface area contributed by atoms with Crippen LogP contribution in [0.4, 0.5) is 5.82 Å². The average Bonchev–Trinajstić information content (AvgIpc) is 2.58. The van der Waals surface area contributed by atoms with Crippen molar-refractivity contribution in [1.29, 1.82) is 0 Å². The van der Waals surface area contributed by atoms with Gasteiger partial charge < -0.3 is 15.5 Å². The number of nitrogens with zero attached hydrogens (tertiary/aromatic N) is 3. The number of carbonyl (C=O) groups is 1. The predicted molar refractivity (Wildman–Crippen MR) is 117 cm³/mol. The van der Waals surface area contributed by atoms with Gasteiger partial charge in [0.1, 0.15) is 5.82 Å². The summed E-state index contributed by atoms with van der Waals surface area (Å²) in [6.07, 6.45) is 0.341. The largest absolute Gasteiger partial charge is 0.356 e. The number of anilines is 1. The van der Waals surface area contributed by atoms with Crippen molar-refractivity contribution in [3.8, 4) is 0 Å². The SMILES string of the molecule is Cc1cccc(NC(=O)CCNC(=NCc2ccccc2)N(C)C)n1.I. The summed E-state index contributed by atoms with van der Waals surface area (Å²) >= 11 is 0. The van der Waals surface area contributed by atoms with E-state index in [4.69, 9.17) is 0 Å². The molecule has 1 aromatic heterocycles. The molecule has 0 spiro atoms. The number of pyridine rings is 1. The Morgan fingerprint density at radius 3 is 2.50 bits per heavy atom. The van der Waals surface area contributed by atoms with Crippen LogP contribution in [-0.2, 0) is 11.3 Å². The Morgan fingerprint density at radius 2 is 1.85 bits per heavy atom. The molecule has 1 heterocycles. The van der Waals surface area contributed by atoms with Crippen LogP contribution in [0.15, 0.2) is 53.5 Å². The number of benzene rings is 1. The van der Waals surface area contributed by atoms with Gasteiger partial charge in [-0.25, -0.2) is 9.98 Å². The summed E-state index contributed by atoms with van der Waals surface area (Å²) in [6.45, 7) is 2.99. The first-order valence-corrected chi connectivity index (χ1v) is 8.27. The van der Waals surface area contributed by atoms with Crippen molar-refractivity contribution in [2.24, 2.45) is 4.99 Å². The van der Waals surface area contributed by atoms with Crippen molar-refractivity contribution in [2.45, 2.75) is 19.9 Å². The second-order valence-corrected chi connectivity index (χ2v) is 5.91. The molecule has 7 heteroatoms. The fourth-order valence-electron chi connectivity index (χ4n) is 2.21. The van der Waals surface area contributed by atoms with Gasteiger partial charge in [0.15, 0.2) is 5.96 Å². The van der Waals surface area contributed by atoms with Crippen molar-refractivity contribution < 1.29 is 4.79 Å². The van der Waals surface area contributed by atoms with E-state index in [1.54, 1.807) is 6.07 Å². The molecule has 2 aromatic rings. The lowest BCUT2D eigenvalue weighted by Crippen LogP contribution is -2.38. The molecule has 6 nitrogen and oxygen atoms in total. The normalized spacial score (nSPS) is 10.7. The molecule has 1 amide bonds. The van der Waals surface area contributed by atoms with Crippen LogP contribution in [0.1, 0.15) is 17.7 Å². The first-order valence-electron chi connectivity index (χ1n) is 8.27. The predicted octanol–water partition coefficient (Wildman–Crippen LogP) is 3.04. The summed E-state index contributed by atoms with van der Waals surface area (Å²) in [6, 6.07) is 15.6. The van der Waals surface area contributed by atoms with Crippen molar-refractivity contribution in [2.75, 3.05) is 26.0 Å². The minimum Gasteiger partial charge on any atom is -0.356 e. The molecule has 140 valence electrons. The van der Waals surface area contributed by atoms with Gasteiger partial charge in [0.05, 0.1) is 6.54 Å². The summed E-state index contributed by atoms with van der Waals surface area (Å²) in [5.41, 5.74) is 2.02. The summed E-state index contributed by atoms with van der Waals surface area (Å²) in [5.74, 6) is 1.26. The van der Waals surface area contributed by atoms with Gasteiger partial charge >= 0.3 is 0 Å². The van der Waals surface area contributed by atoms with Gasteiger partial charge in [0.25, 0.3) is 0 Å². The quantitative estimate of drug-likeness (QED) is 0.390. The molecule has 0 aliphatic heterocycles. The lowest BCUT2D eigenvalue weighted by Gasteiger charge is -2.17. The molecular formula is C19H26IN5O. The molecule has 2 N–H and O–H groups in total. The molecule has 0 aliphatic carbocycles. The Labute approximate surface area is 172 Å². The standard InChI is InChI=1S/C19H25N5O.HI/c1-15-8-7-11-17(22-15)23-18(25)12-13-20-19(24(2)3)21-14-16-9-5-4-6-10-16;/h4-11H,12-14H2,1-3H3,(H,20,21)(H,22,23,25);1H. The number of aliphatic imine (C=N–C) groups is 1. The number of hydrogen-bond donors (Lipinski definition) is 2. The van der Waals surface area contributed by atoms with Crippen LogP contribution in [-0.4, -0.2) is 42.4 Å². The number of aryl methyl sites for hydroxylation is 1. The molecule has 0 bridgehead atoms. The number of halogens is 1. The topological polar surface area (TPSA) is 69.6 Å². The maximum Gasteiger partial charge on any atom is 0.227 e. The first-order chi connectivity index (χ1) is 12.0. The number of amides is 1. The molecule has 0 aliphatic rings. The van der Waals surface area contributed by atoms with E-state index in [-0.39, 0.29) is 29.9 Å². The van der Waals surface area contributed by atoms with Gasteiger partial charge in [0.2, 0.25) is 5.91 Å². The Morgan fingerprint density at radius 1 is 1.12 bits per heavy atom. The van der Waals surface area contributed by atoms with Crippen LogP contribution >= 0.6 is 24.0 Å². The zero-order chi connectivity index (χ0) is 18.1. The molecule has 1 aromatic carbocycles. The number of guanidine groups is 1. The van der Waals surface area contributed by atoms with Crippen LogP contribution in [0, 0.1) is 6.92 Å². The van der Waals surface area contributed by atoms with Crippen LogP contribution in [0.5, 0.6) is 0 Å². The molecule has 0 fully saturated rings. The second kappa shape index (κ2) is 11.5. The average molecular weight is 467 g/mol. The van der Waals surface area contributed by atoms with Crippen LogP contribution in [0.25, 0.3) is 0 Å². The minimum absolute atomic E-state index is 0. The van der Waals surface area contributed by atoms with Gasteiger partial charge in [-0.2, -0.15) is 0 Å². The number of aromatic nitrogens is 1. The lowest BCUT2D eigenvalue weighted by atomic mass is 10.2. The van der Waals surface area contributed by atoms with E-state index in [0.717, 1.165) is 17.2 Å². The highest BCUT2D eigenvalue weighted by molar-refractivity contribution is 14.0. The Bertz CT molecular complexity index is 719. The number of rotatable bonds is 6. The minimum atomic E-state index is -0.0771. The zero-order valence-corrected chi connectivity index (χ0v) is 17.7. The molecule has 26 heavy (non-hydrogen) atoms. The highest BCUT2D eigenvalue weighted by Crippen LogP contribution is 2.04.